The van der Waals surface area contributed by atoms with E-state index in [1.54, 1.807) is 0 Å². The number of H-pyrrole nitrogens is 1. The summed E-state index contributed by atoms with van der Waals surface area (Å²) in [6.07, 6.45) is -2.77. The first-order chi connectivity index (χ1) is 6.60. The number of ether oxygens (including phenoxy) is 1. The van der Waals surface area contributed by atoms with Gasteiger partial charge in [-0.2, -0.15) is 0 Å². The predicted octanol–water partition coefficient (Wildman–Crippen LogP) is 0.780. The Kier molecular flexibility index (Phi) is 3.19. The summed E-state index contributed by atoms with van der Waals surface area (Å²) in [5.74, 6) is 0.00231. The Labute approximate surface area is 78.7 Å². The molecule has 0 aliphatic carbocycles. The van der Waals surface area contributed by atoms with E-state index in [4.69, 9.17) is 5.73 Å². The van der Waals surface area contributed by atoms with Crippen LogP contribution in [0.1, 0.15) is 17.7 Å². The first kappa shape index (κ1) is 10.6. The smallest absolute Gasteiger partial charge is 0.278 e. The molecule has 0 fully saturated rings. The van der Waals surface area contributed by atoms with Crippen molar-refractivity contribution in [3.63, 3.8) is 0 Å². The fourth-order valence-electron chi connectivity index (χ4n) is 1.09. The largest absolute Gasteiger partial charge is 0.482 e. The van der Waals surface area contributed by atoms with Crippen molar-refractivity contribution in [3.05, 3.63) is 27.5 Å². The lowest BCUT2D eigenvalue weighted by Crippen LogP contribution is -2.18. The molecule has 14 heavy (non-hydrogen) atoms. The molecule has 1 heterocycles. The van der Waals surface area contributed by atoms with Crippen molar-refractivity contribution >= 4 is 0 Å². The molecule has 0 aliphatic heterocycles. The van der Waals surface area contributed by atoms with Crippen LogP contribution in [0.3, 0.4) is 0 Å². The third-order valence-electron chi connectivity index (χ3n) is 1.78. The molecular formula is C8H10F2N2O2. The van der Waals surface area contributed by atoms with E-state index in [9.17, 15) is 13.6 Å². The summed E-state index contributed by atoms with van der Waals surface area (Å²) < 4.78 is 29.5. The summed E-state index contributed by atoms with van der Waals surface area (Å²) in [5, 5.41) is 0. The molecule has 0 atom stereocenters. The normalized spacial score (nSPS) is 10.6. The number of hydrogen-bond acceptors (Lipinski definition) is 3. The molecule has 1 aromatic rings. The second-order valence-electron chi connectivity index (χ2n) is 2.60. The van der Waals surface area contributed by atoms with Crippen LogP contribution in [0.4, 0.5) is 8.78 Å². The number of aromatic nitrogens is 1. The average molecular weight is 204 g/mol. The lowest BCUT2D eigenvalue weighted by Gasteiger charge is -2.08. The van der Waals surface area contributed by atoms with Crippen LogP contribution < -0.4 is 15.9 Å². The van der Waals surface area contributed by atoms with Crippen LogP contribution in [-0.4, -0.2) is 12.1 Å². The van der Waals surface area contributed by atoms with E-state index in [1.807, 2.05) is 0 Å². The molecule has 1 aromatic heterocycles. The highest BCUT2D eigenvalue weighted by atomic mass is 19.3. The minimum atomic E-state index is -2.77. The Morgan fingerprint density at radius 3 is 2.71 bits per heavy atom. The van der Waals surface area contributed by atoms with Gasteiger partial charge in [-0.3, -0.25) is 4.79 Å². The van der Waals surface area contributed by atoms with E-state index in [0.717, 1.165) is 6.07 Å². The van der Waals surface area contributed by atoms with Gasteiger partial charge in [0.25, 0.3) is 6.43 Å². The number of rotatable bonds is 3. The predicted molar refractivity (Wildman–Crippen MR) is 46.5 cm³/mol. The molecule has 0 aromatic carbocycles. The number of pyridine rings is 1. The lowest BCUT2D eigenvalue weighted by atomic mass is 10.2. The second kappa shape index (κ2) is 4.19. The van der Waals surface area contributed by atoms with Gasteiger partial charge in [-0.05, 0) is 0 Å². The molecule has 0 bridgehead atoms. The quantitative estimate of drug-likeness (QED) is 0.764. The topological polar surface area (TPSA) is 68.1 Å². The maximum atomic E-state index is 12.4. The molecule has 0 saturated carbocycles. The summed E-state index contributed by atoms with van der Waals surface area (Å²) in [4.78, 5) is 13.5. The molecule has 0 spiro atoms. The van der Waals surface area contributed by atoms with Crippen molar-refractivity contribution in [1.29, 1.82) is 0 Å². The third kappa shape index (κ3) is 1.90. The fourth-order valence-corrected chi connectivity index (χ4v) is 1.09. The molecule has 0 radical (unpaired) electrons. The molecule has 0 aliphatic rings. The van der Waals surface area contributed by atoms with Crippen LogP contribution in [0.15, 0.2) is 10.9 Å². The van der Waals surface area contributed by atoms with Gasteiger partial charge in [0.2, 0.25) is 0 Å². The Morgan fingerprint density at radius 2 is 2.29 bits per heavy atom. The van der Waals surface area contributed by atoms with E-state index < -0.39 is 17.5 Å². The SMILES string of the molecule is COc1cc(=O)c(CN)c(C(F)F)[nH]1. The second-order valence-corrected chi connectivity index (χ2v) is 2.60. The van der Waals surface area contributed by atoms with Crippen molar-refractivity contribution < 1.29 is 13.5 Å². The van der Waals surface area contributed by atoms with Crippen LogP contribution in [0.25, 0.3) is 0 Å². The zero-order valence-corrected chi connectivity index (χ0v) is 7.51. The van der Waals surface area contributed by atoms with Crippen LogP contribution in [0.5, 0.6) is 5.88 Å². The summed E-state index contributed by atoms with van der Waals surface area (Å²) in [5.41, 5.74) is 4.06. The summed E-state index contributed by atoms with van der Waals surface area (Å²) >= 11 is 0. The van der Waals surface area contributed by atoms with E-state index >= 15 is 0 Å². The third-order valence-corrected chi connectivity index (χ3v) is 1.78. The highest BCUT2D eigenvalue weighted by Crippen LogP contribution is 2.20. The summed E-state index contributed by atoms with van der Waals surface area (Å²) in [6.45, 7) is -0.223. The molecule has 78 valence electrons. The molecule has 1 rings (SSSR count). The minimum Gasteiger partial charge on any atom is -0.482 e. The van der Waals surface area contributed by atoms with Crippen molar-refractivity contribution in [2.75, 3.05) is 7.11 Å². The minimum absolute atomic E-state index is 0.00231. The molecule has 6 heteroatoms. The molecule has 4 nitrogen and oxygen atoms in total. The molecule has 0 unspecified atom stereocenters. The summed E-state index contributed by atoms with van der Waals surface area (Å²) in [6, 6.07) is 1.09. The Hall–Kier alpha value is -1.43. The monoisotopic (exact) mass is 204 g/mol. The number of aromatic amines is 1. The highest BCUT2D eigenvalue weighted by Gasteiger charge is 2.16. The first-order valence-corrected chi connectivity index (χ1v) is 3.88. The standard InChI is InChI=1S/C8H10F2N2O2/c1-14-6-2-5(13)4(3-11)7(12-6)8(9)10/h2,8H,3,11H2,1H3,(H,12,13). The van der Waals surface area contributed by atoms with E-state index in [0.29, 0.717) is 0 Å². The maximum Gasteiger partial charge on any atom is 0.278 e. The Balaban J connectivity index is 3.36. The van der Waals surface area contributed by atoms with Gasteiger partial charge >= 0.3 is 0 Å². The van der Waals surface area contributed by atoms with E-state index in [1.165, 1.54) is 7.11 Å². The lowest BCUT2D eigenvalue weighted by molar-refractivity contribution is 0.143. The zero-order chi connectivity index (χ0) is 10.7. The van der Waals surface area contributed by atoms with Crippen molar-refractivity contribution in [2.24, 2.45) is 5.73 Å². The van der Waals surface area contributed by atoms with E-state index in [2.05, 4.69) is 9.72 Å². The Bertz CT molecular complexity index is 376. The molecular weight excluding hydrogens is 194 g/mol. The maximum absolute atomic E-state index is 12.4. The van der Waals surface area contributed by atoms with Gasteiger partial charge in [0.15, 0.2) is 11.3 Å². The molecule has 0 amide bonds. The number of methoxy groups -OCH3 is 1. The van der Waals surface area contributed by atoms with Gasteiger partial charge in [0.05, 0.1) is 12.8 Å². The van der Waals surface area contributed by atoms with Crippen molar-refractivity contribution in [2.45, 2.75) is 13.0 Å². The van der Waals surface area contributed by atoms with Gasteiger partial charge < -0.3 is 15.5 Å². The van der Waals surface area contributed by atoms with Gasteiger partial charge in [0, 0.05) is 18.2 Å². The van der Waals surface area contributed by atoms with Crippen molar-refractivity contribution in [3.8, 4) is 5.88 Å². The average Bonchev–Trinajstić information content (AvgIpc) is 2.16. The van der Waals surface area contributed by atoms with Crippen LogP contribution in [0.2, 0.25) is 0 Å². The molecule has 0 saturated heterocycles. The number of halogens is 2. The molecule has 3 N–H and O–H groups in total. The van der Waals surface area contributed by atoms with Gasteiger partial charge in [0.1, 0.15) is 0 Å². The van der Waals surface area contributed by atoms with Crippen molar-refractivity contribution in [1.82, 2.24) is 4.98 Å². The highest BCUT2D eigenvalue weighted by molar-refractivity contribution is 5.26. The fraction of sp³-hybridized carbons (Fsp3) is 0.375. The van der Waals surface area contributed by atoms with Gasteiger partial charge in [-0.1, -0.05) is 0 Å². The number of nitrogens with two attached hydrogens (primary N) is 1. The van der Waals surface area contributed by atoms with Crippen LogP contribution in [0, 0.1) is 0 Å². The van der Waals surface area contributed by atoms with Crippen LogP contribution in [-0.2, 0) is 6.54 Å². The summed E-state index contributed by atoms with van der Waals surface area (Å²) in [7, 11) is 1.28. The number of nitrogens with one attached hydrogen (secondary N) is 1. The van der Waals surface area contributed by atoms with E-state index in [-0.39, 0.29) is 18.0 Å². The van der Waals surface area contributed by atoms with Crippen LogP contribution >= 0.6 is 0 Å². The number of hydrogen-bond donors (Lipinski definition) is 2. The van der Waals surface area contributed by atoms with Gasteiger partial charge in [-0.25, -0.2) is 8.78 Å². The number of alkyl halides is 2. The Morgan fingerprint density at radius 1 is 1.64 bits per heavy atom. The van der Waals surface area contributed by atoms with Gasteiger partial charge in [-0.15, -0.1) is 0 Å². The first-order valence-electron chi connectivity index (χ1n) is 3.88. The zero-order valence-electron chi connectivity index (χ0n) is 7.51.